The van der Waals surface area contributed by atoms with Crippen LogP contribution < -0.4 is 4.72 Å². The molecule has 6 heteroatoms. The molecule has 0 fully saturated rings. The number of rotatable bonds is 7. The zero-order valence-electron chi connectivity index (χ0n) is 12.0. The second kappa shape index (κ2) is 6.85. The third-order valence-electron chi connectivity index (χ3n) is 3.06. The van der Waals surface area contributed by atoms with E-state index >= 15 is 0 Å². The van der Waals surface area contributed by atoms with Crippen molar-refractivity contribution in [1.29, 1.82) is 0 Å². The standard InChI is InChI=1S/C14H21NO4S/c1-4-6-10(3)15-20(18,19)13-9-12(14(16)17)8-7-11(13)5-2/h7-10,15H,4-6H2,1-3H3,(H,16,17). The van der Waals surface area contributed by atoms with Crippen molar-refractivity contribution in [2.45, 2.75) is 51.0 Å². The van der Waals surface area contributed by atoms with E-state index in [0.29, 0.717) is 12.0 Å². The fourth-order valence-corrected chi connectivity index (χ4v) is 3.66. The molecule has 0 aliphatic rings. The molecule has 0 saturated heterocycles. The number of hydrogen-bond acceptors (Lipinski definition) is 3. The van der Waals surface area contributed by atoms with E-state index in [1.54, 1.807) is 13.0 Å². The van der Waals surface area contributed by atoms with E-state index in [0.717, 1.165) is 12.8 Å². The molecule has 0 radical (unpaired) electrons. The highest BCUT2D eigenvalue weighted by molar-refractivity contribution is 7.89. The van der Waals surface area contributed by atoms with Crippen LogP contribution in [0.2, 0.25) is 0 Å². The summed E-state index contributed by atoms with van der Waals surface area (Å²) in [7, 11) is -3.69. The number of aromatic carboxylic acids is 1. The molecule has 0 amide bonds. The van der Waals surface area contributed by atoms with Crippen LogP contribution in [0.1, 0.15) is 49.5 Å². The topological polar surface area (TPSA) is 83.5 Å². The number of carbonyl (C=O) groups is 1. The fourth-order valence-electron chi connectivity index (χ4n) is 2.05. The van der Waals surface area contributed by atoms with Gasteiger partial charge >= 0.3 is 5.97 Å². The Kier molecular flexibility index (Phi) is 5.71. The van der Waals surface area contributed by atoms with Crippen molar-refractivity contribution < 1.29 is 18.3 Å². The molecule has 0 aliphatic carbocycles. The number of benzene rings is 1. The molecule has 0 aliphatic heterocycles. The molecule has 5 nitrogen and oxygen atoms in total. The van der Waals surface area contributed by atoms with Gasteiger partial charge in [0, 0.05) is 6.04 Å². The van der Waals surface area contributed by atoms with Gasteiger partial charge in [0.15, 0.2) is 0 Å². The van der Waals surface area contributed by atoms with E-state index in [9.17, 15) is 13.2 Å². The average Bonchev–Trinajstić information content (AvgIpc) is 2.37. The Balaban J connectivity index is 3.21. The van der Waals surface area contributed by atoms with E-state index in [4.69, 9.17) is 5.11 Å². The molecule has 0 aromatic heterocycles. The van der Waals surface area contributed by atoms with Crippen molar-refractivity contribution in [2.75, 3.05) is 0 Å². The van der Waals surface area contributed by atoms with Crippen molar-refractivity contribution in [1.82, 2.24) is 4.72 Å². The summed E-state index contributed by atoms with van der Waals surface area (Å²) in [5.41, 5.74) is 0.594. The molecular weight excluding hydrogens is 278 g/mol. The first kappa shape index (κ1) is 16.7. The maximum atomic E-state index is 12.4. The molecule has 112 valence electrons. The average molecular weight is 299 g/mol. The zero-order chi connectivity index (χ0) is 15.3. The number of sulfonamides is 1. The number of aryl methyl sites for hydroxylation is 1. The predicted molar refractivity (Wildman–Crippen MR) is 77.5 cm³/mol. The number of carboxylic acids is 1. The Morgan fingerprint density at radius 2 is 2.00 bits per heavy atom. The summed E-state index contributed by atoms with van der Waals surface area (Å²) in [4.78, 5) is 11.0. The number of hydrogen-bond donors (Lipinski definition) is 2. The molecule has 0 spiro atoms. The highest BCUT2D eigenvalue weighted by Gasteiger charge is 2.21. The Hall–Kier alpha value is -1.40. The first-order valence-corrected chi connectivity index (χ1v) is 8.18. The van der Waals surface area contributed by atoms with Gasteiger partial charge in [0.1, 0.15) is 0 Å². The summed E-state index contributed by atoms with van der Waals surface area (Å²) in [5, 5.41) is 8.99. The van der Waals surface area contributed by atoms with Crippen LogP contribution in [0.15, 0.2) is 23.1 Å². The van der Waals surface area contributed by atoms with Crippen molar-refractivity contribution in [3.8, 4) is 0 Å². The Morgan fingerprint density at radius 1 is 1.35 bits per heavy atom. The van der Waals surface area contributed by atoms with Gasteiger partial charge in [-0.25, -0.2) is 17.9 Å². The van der Waals surface area contributed by atoms with Crippen LogP contribution in [0.5, 0.6) is 0 Å². The Bertz CT molecular complexity index is 581. The van der Waals surface area contributed by atoms with Crippen LogP contribution in [0.25, 0.3) is 0 Å². The summed E-state index contributed by atoms with van der Waals surface area (Å²) >= 11 is 0. The lowest BCUT2D eigenvalue weighted by Gasteiger charge is -2.15. The van der Waals surface area contributed by atoms with Crippen molar-refractivity contribution in [3.05, 3.63) is 29.3 Å². The third-order valence-corrected chi connectivity index (χ3v) is 4.73. The van der Waals surface area contributed by atoms with Crippen molar-refractivity contribution in [2.24, 2.45) is 0 Å². The van der Waals surface area contributed by atoms with Gasteiger partial charge in [-0.1, -0.05) is 26.3 Å². The zero-order valence-corrected chi connectivity index (χ0v) is 12.8. The molecule has 1 unspecified atom stereocenters. The van der Waals surface area contributed by atoms with Crippen LogP contribution in [-0.4, -0.2) is 25.5 Å². The molecule has 1 atom stereocenters. The van der Waals surface area contributed by atoms with Crippen molar-refractivity contribution in [3.63, 3.8) is 0 Å². The maximum Gasteiger partial charge on any atom is 0.335 e. The predicted octanol–water partition coefficient (Wildman–Crippen LogP) is 2.41. The van der Waals surface area contributed by atoms with Crippen LogP contribution in [0.4, 0.5) is 0 Å². The molecule has 0 saturated carbocycles. The van der Waals surface area contributed by atoms with Gasteiger partial charge in [-0.15, -0.1) is 0 Å². The van der Waals surface area contributed by atoms with Crippen LogP contribution >= 0.6 is 0 Å². The maximum absolute atomic E-state index is 12.4. The first-order valence-electron chi connectivity index (χ1n) is 6.70. The quantitative estimate of drug-likeness (QED) is 0.810. The van der Waals surface area contributed by atoms with Gasteiger partial charge in [0.2, 0.25) is 10.0 Å². The lowest BCUT2D eigenvalue weighted by Crippen LogP contribution is -2.33. The highest BCUT2D eigenvalue weighted by Crippen LogP contribution is 2.19. The Morgan fingerprint density at radius 3 is 2.50 bits per heavy atom. The second-order valence-electron chi connectivity index (χ2n) is 4.79. The van der Waals surface area contributed by atoms with Crippen molar-refractivity contribution >= 4 is 16.0 Å². The SMILES string of the molecule is CCCC(C)NS(=O)(=O)c1cc(C(=O)O)ccc1CC. The van der Waals surface area contributed by atoms with E-state index in [2.05, 4.69) is 4.72 Å². The van der Waals surface area contributed by atoms with Crippen LogP contribution in [0, 0.1) is 0 Å². The molecule has 2 N–H and O–H groups in total. The lowest BCUT2D eigenvalue weighted by atomic mass is 10.1. The summed E-state index contributed by atoms with van der Waals surface area (Å²) in [6.07, 6.45) is 2.14. The van der Waals surface area contributed by atoms with Gasteiger partial charge < -0.3 is 5.11 Å². The van der Waals surface area contributed by atoms with Gasteiger partial charge in [-0.3, -0.25) is 0 Å². The molecule has 1 aromatic carbocycles. The van der Waals surface area contributed by atoms with Crippen LogP contribution in [-0.2, 0) is 16.4 Å². The minimum absolute atomic E-state index is 0.0225. The number of carboxylic acid groups (broad SMARTS) is 1. The molecule has 1 aromatic rings. The minimum Gasteiger partial charge on any atom is -0.478 e. The van der Waals surface area contributed by atoms with E-state index in [1.165, 1.54) is 12.1 Å². The molecule has 0 bridgehead atoms. The lowest BCUT2D eigenvalue weighted by molar-refractivity contribution is 0.0696. The van der Waals surface area contributed by atoms with E-state index < -0.39 is 16.0 Å². The largest absolute Gasteiger partial charge is 0.478 e. The van der Waals surface area contributed by atoms with E-state index in [1.807, 2.05) is 13.8 Å². The molecule has 20 heavy (non-hydrogen) atoms. The molecule has 1 rings (SSSR count). The third kappa shape index (κ3) is 4.05. The summed E-state index contributed by atoms with van der Waals surface area (Å²) in [6.45, 7) is 5.62. The van der Waals surface area contributed by atoms with Gasteiger partial charge in [0.05, 0.1) is 10.5 Å². The fraction of sp³-hybridized carbons (Fsp3) is 0.500. The van der Waals surface area contributed by atoms with E-state index in [-0.39, 0.29) is 16.5 Å². The second-order valence-corrected chi connectivity index (χ2v) is 6.47. The van der Waals surface area contributed by atoms with Gasteiger partial charge in [-0.05, 0) is 37.5 Å². The van der Waals surface area contributed by atoms with Gasteiger partial charge in [0.25, 0.3) is 0 Å². The highest BCUT2D eigenvalue weighted by atomic mass is 32.2. The van der Waals surface area contributed by atoms with Crippen LogP contribution in [0.3, 0.4) is 0 Å². The normalized spacial score (nSPS) is 13.2. The smallest absolute Gasteiger partial charge is 0.335 e. The molecule has 0 heterocycles. The first-order chi connectivity index (χ1) is 9.31. The minimum atomic E-state index is -3.69. The van der Waals surface area contributed by atoms with Gasteiger partial charge in [-0.2, -0.15) is 0 Å². The summed E-state index contributed by atoms with van der Waals surface area (Å²) < 4.78 is 27.3. The summed E-state index contributed by atoms with van der Waals surface area (Å²) in [5.74, 6) is -1.13. The Labute approximate surface area is 120 Å². The molecular formula is C14H21NO4S. The number of nitrogens with one attached hydrogen (secondary N) is 1. The summed E-state index contributed by atoms with van der Waals surface area (Å²) in [6, 6.07) is 4.03. The monoisotopic (exact) mass is 299 g/mol.